The highest BCUT2D eigenvalue weighted by atomic mass is 16.4. The van der Waals surface area contributed by atoms with Crippen LogP contribution in [0.3, 0.4) is 0 Å². The zero-order valence-electron chi connectivity index (χ0n) is 8.77. The Morgan fingerprint density at radius 2 is 1.88 bits per heavy atom. The molecular formula is C12H13NO3. The molecule has 1 aromatic rings. The monoisotopic (exact) mass is 219 g/mol. The van der Waals surface area contributed by atoms with Crippen molar-refractivity contribution in [1.82, 2.24) is 5.32 Å². The summed E-state index contributed by atoms with van der Waals surface area (Å²) in [5.74, 6) is -1.17. The number of carbonyl (C=O) groups excluding carboxylic acids is 1. The minimum Gasteiger partial charge on any atom is -0.480 e. The first-order chi connectivity index (χ1) is 7.62. The summed E-state index contributed by atoms with van der Waals surface area (Å²) in [5, 5.41) is 11.5. The van der Waals surface area contributed by atoms with Gasteiger partial charge < -0.3 is 10.4 Å². The van der Waals surface area contributed by atoms with Crippen LogP contribution < -0.4 is 5.32 Å². The molecule has 0 aromatic heterocycles. The molecule has 1 saturated carbocycles. The Labute approximate surface area is 93.3 Å². The summed E-state index contributed by atoms with van der Waals surface area (Å²) in [6.07, 6.45) is 1.29. The summed E-state index contributed by atoms with van der Waals surface area (Å²) in [5.41, 5.74) is -0.0903. The van der Waals surface area contributed by atoms with Crippen LogP contribution in [0, 0.1) is 0 Å². The quantitative estimate of drug-likeness (QED) is 0.792. The average Bonchev–Trinajstić information content (AvgIpc) is 3.00. The van der Waals surface area contributed by atoms with Crippen molar-refractivity contribution in [2.45, 2.75) is 24.8 Å². The molecule has 2 rings (SSSR count). The topological polar surface area (TPSA) is 66.4 Å². The first-order valence-corrected chi connectivity index (χ1v) is 5.21. The van der Waals surface area contributed by atoms with Gasteiger partial charge in [-0.3, -0.25) is 4.79 Å². The third-order valence-electron chi connectivity index (χ3n) is 2.75. The summed E-state index contributed by atoms with van der Waals surface area (Å²) in [6.45, 7) is 0. The molecule has 0 atom stereocenters. The minimum atomic E-state index is -0.980. The van der Waals surface area contributed by atoms with Crippen LogP contribution in [0.1, 0.15) is 18.4 Å². The number of rotatable bonds is 4. The average molecular weight is 219 g/mol. The number of amides is 1. The fourth-order valence-electron chi connectivity index (χ4n) is 1.61. The standard InChI is InChI=1S/C12H13NO3/c14-10(8-9-4-2-1-3-5-9)13-12(6-7-12)11(15)16/h1-5H,6-8H2,(H,13,14)(H,15,16). The molecule has 0 radical (unpaired) electrons. The molecule has 0 unspecified atom stereocenters. The van der Waals surface area contributed by atoms with Gasteiger partial charge >= 0.3 is 5.97 Å². The SMILES string of the molecule is O=C(Cc1ccccc1)NC1(C(=O)O)CC1. The molecule has 0 aliphatic heterocycles. The van der Waals surface area contributed by atoms with E-state index in [1.54, 1.807) is 0 Å². The lowest BCUT2D eigenvalue weighted by Crippen LogP contribution is -2.43. The predicted octanol–water partition coefficient (Wildman–Crippen LogP) is 0.962. The first kappa shape index (κ1) is 10.7. The van der Waals surface area contributed by atoms with Gasteiger partial charge in [0, 0.05) is 0 Å². The van der Waals surface area contributed by atoms with Gasteiger partial charge in [-0.2, -0.15) is 0 Å². The van der Waals surface area contributed by atoms with Crippen molar-refractivity contribution in [3.8, 4) is 0 Å². The molecule has 0 saturated heterocycles. The van der Waals surface area contributed by atoms with Crippen molar-refractivity contribution in [2.75, 3.05) is 0 Å². The van der Waals surface area contributed by atoms with Crippen LogP contribution in [0.5, 0.6) is 0 Å². The fourth-order valence-corrected chi connectivity index (χ4v) is 1.61. The molecular weight excluding hydrogens is 206 g/mol. The highest BCUT2D eigenvalue weighted by molar-refractivity contribution is 5.90. The van der Waals surface area contributed by atoms with Crippen LogP contribution in [0.15, 0.2) is 30.3 Å². The van der Waals surface area contributed by atoms with Gasteiger partial charge in [0.25, 0.3) is 0 Å². The molecule has 2 N–H and O–H groups in total. The second-order valence-corrected chi connectivity index (χ2v) is 4.10. The number of benzene rings is 1. The molecule has 84 valence electrons. The van der Waals surface area contributed by atoms with E-state index in [9.17, 15) is 9.59 Å². The van der Waals surface area contributed by atoms with E-state index in [0.717, 1.165) is 5.56 Å². The van der Waals surface area contributed by atoms with E-state index in [1.165, 1.54) is 0 Å². The molecule has 1 aliphatic carbocycles. The zero-order chi connectivity index (χ0) is 11.6. The number of aliphatic carboxylic acids is 1. The molecule has 1 fully saturated rings. The van der Waals surface area contributed by atoms with Gasteiger partial charge in [0.15, 0.2) is 0 Å². The van der Waals surface area contributed by atoms with Crippen molar-refractivity contribution < 1.29 is 14.7 Å². The Hall–Kier alpha value is -1.84. The van der Waals surface area contributed by atoms with E-state index in [-0.39, 0.29) is 12.3 Å². The van der Waals surface area contributed by atoms with Crippen molar-refractivity contribution in [2.24, 2.45) is 0 Å². The van der Waals surface area contributed by atoms with E-state index >= 15 is 0 Å². The second-order valence-electron chi connectivity index (χ2n) is 4.10. The summed E-state index contributed by atoms with van der Waals surface area (Å²) in [7, 11) is 0. The molecule has 1 amide bonds. The van der Waals surface area contributed by atoms with Crippen molar-refractivity contribution in [3.63, 3.8) is 0 Å². The molecule has 0 heterocycles. The van der Waals surface area contributed by atoms with Crippen LogP contribution in [-0.2, 0) is 16.0 Å². The Morgan fingerprint density at radius 1 is 1.25 bits per heavy atom. The Bertz CT molecular complexity index is 410. The number of hydrogen-bond acceptors (Lipinski definition) is 2. The van der Waals surface area contributed by atoms with Gasteiger partial charge in [0.2, 0.25) is 5.91 Å². The predicted molar refractivity (Wildman–Crippen MR) is 57.9 cm³/mol. The summed E-state index contributed by atoms with van der Waals surface area (Å²) >= 11 is 0. The lowest BCUT2D eigenvalue weighted by Gasteiger charge is -2.12. The van der Waals surface area contributed by atoms with E-state index < -0.39 is 11.5 Å². The summed E-state index contributed by atoms with van der Waals surface area (Å²) in [4.78, 5) is 22.5. The van der Waals surface area contributed by atoms with E-state index in [1.807, 2.05) is 30.3 Å². The molecule has 4 nitrogen and oxygen atoms in total. The molecule has 0 spiro atoms. The first-order valence-electron chi connectivity index (χ1n) is 5.21. The maximum atomic E-state index is 11.6. The second kappa shape index (κ2) is 3.96. The number of hydrogen-bond donors (Lipinski definition) is 2. The van der Waals surface area contributed by atoms with Crippen molar-refractivity contribution >= 4 is 11.9 Å². The Morgan fingerprint density at radius 3 is 2.38 bits per heavy atom. The van der Waals surface area contributed by atoms with E-state index in [0.29, 0.717) is 12.8 Å². The number of carbonyl (C=O) groups is 2. The molecule has 4 heteroatoms. The van der Waals surface area contributed by atoms with Crippen LogP contribution in [0.25, 0.3) is 0 Å². The Balaban J connectivity index is 1.93. The van der Waals surface area contributed by atoms with Crippen molar-refractivity contribution in [1.29, 1.82) is 0 Å². The van der Waals surface area contributed by atoms with Gasteiger partial charge in [0.05, 0.1) is 6.42 Å². The fraction of sp³-hybridized carbons (Fsp3) is 0.333. The number of carboxylic acids is 1. The molecule has 1 aliphatic rings. The highest BCUT2D eigenvalue weighted by Crippen LogP contribution is 2.35. The number of carboxylic acid groups (broad SMARTS) is 1. The third-order valence-corrected chi connectivity index (χ3v) is 2.75. The third kappa shape index (κ3) is 2.21. The highest BCUT2D eigenvalue weighted by Gasteiger charge is 2.51. The van der Waals surface area contributed by atoms with Gasteiger partial charge in [-0.15, -0.1) is 0 Å². The van der Waals surface area contributed by atoms with Gasteiger partial charge in [-0.1, -0.05) is 30.3 Å². The normalized spacial score (nSPS) is 16.5. The van der Waals surface area contributed by atoms with E-state index in [4.69, 9.17) is 5.11 Å². The summed E-state index contributed by atoms with van der Waals surface area (Å²) in [6, 6.07) is 9.28. The van der Waals surface area contributed by atoms with E-state index in [2.05, 4.69) is 5.32 Å². The van der Waals surface area contributed by atoms with Crippen LogP contribution in [-0.4, -0.2) is 22.5 Å². The maximum Gasteiger partial charge on any atom is 0.329 e. The Kier molecular flexibility index (Phi) is 2.64. The van der Waals surface area contributed by atoms with Gasteiger partial charge in [-0.25, -0.2) is 4.79 Å². The van der Waals surface area contributed by atoms with Gasteiger partial charge in [-0.05, 0) is 18.4 Å². The van der Waals surface area contributed by atoms with Crippen LogP contribution in [0.2, 0.25) is 0 Å². The lowest BCUT2D eigenvalue weighted by atomic mass is 10.1. The lowest BCUT2D eigenvalue weighted by molar-refractivity contribution is -0.143. The molecule has 0 bridgehead atoms. The maximum absolute atomic E-state index is 11.6. The van der Waals surface area contributed by atoms with Crippen LogP contribution in [0.4, 0.5) is 0 Å². The molecule has 1 aromatic carbocycles. The van der Waals surface area contributed by atoms with Gasteiger partial charge in [0.1, 0.15) is 5.54 Å². The smallest absolute Gasteiger partial charge is 0.329 e. The van der Waals surface area contributed by atoms with Crippen molar-refractivity contribution in [3.05, 3.63) is 35.9 Å². The minimum absolute atomic E-state index is 0.230. The summed E-state index contributed by atoms with van der Waals surface area (Å²) < 4.78 is 0. The molecule has 16 heavy (non-hydrogen) atoms. The number of nitrogens with one attached hydrogen (secondary N) is 1. The van der Waals surface area contributed by atoms with Crippen LogP contribution >= 0.6 is 0 Å². The largest absolute Gasteiger partial charge is 0.480 e. The zero-order valence-corrected chi connectivity index (χ0v) is 8.77.